The summed E-state index contributed by atoms with van der Waals surface area (Å²) in [5.41, 5.74) is 6.77. The monoisotopic (exact) mass is 332 g/mol. The molecule has 0 amide bonds. The molecule has 1 aromatic rings. The van der Waals surface area contributed by atoms with E-state index in [9.17, 15) is 5.11 Å². The number of benzene rings is 1. The van der Waals surface area contributed by atoms with E-state index in [-0.39, 0.29) is 5.54 Å². The molecule has 0 aliphatic carbocycles. The van der Waals surface area contributed by atoms with Gasteiger partial charge in [-0.2, -0.15) is 0 Å². The minimum absolute atomic E-state index is 0.0864. The summed E-state index contributed by atoms with van der Waals surface area (Å²) < 4.78 is 0. The van der Waals surface area contributed by atoms with Crippen LogP contribution in [0, 0.1) is 0 Å². The van der Waals surface area contributed by atoms with Crippen LogP contribution in [0.2, 0.25) is 10.0 Å². The minimum Gasteiger partial charge on any atom is -0.396 e. The average molecular weight is 333 g/mol. The van der Waals surface area contributed by atoms with Crippen molar-refractivity contribution in [3.05, 3.63) is 27.2 Å². The number of anilines is 1. The molecule has 1 unspecified atom stereocenters. The van der Waals surface area contributed by atoms with Gasteiger partial charge in [0.2, 0.25) is 0 Å². The molecule has 0 bridgehead atoms. The molecule has 1 aromatic carbocycles. The maximum absolute atomic E-state index is 11.1. The Morgan fingerprint density at radius 3 is 2.24 bits per heavy atom. The fraction of sp³-hybridized carbons (Fsp3) is 0.625. The van der Waals surface area contributed by atoms with E-state index in [4.69, 9.17) is 28.9 Å². The number of nitrogen functional groups attached to an aromatic ring is 1. The van der Waals surface area contributed by atoms with Crippen LogP contribution in [0.4, 0.5) is 5.69 Å². The number of halogens is 2. The summed E-state index contributed by atoms with van der Waals surface area (Å²) in [5.74, 6) is 0. The van der Waals surface area contributed by atoms with Crippen LogP contribution in [-0.2, 0) is 12.0 Å². The zero-order valence-corrected chi connectivity index (χ0v) is 15.0. The first kappa shape index (κ1) is 18.6. The summed E-state index contributed by atoms with van der Waals surface area (Å²) in [4.78, 5) is 0. The lowest BCUT2D eigenvalue weighted by atomic mass is 9.85. The molecule has 0 saturated heterocycles. The SMILES string of the molecule is CCc1c(C(O)(CC)CNC(C)(C)C)cc(Cl)c(N)c1Cl. The second-order valence-electron chi connectivity index (χ2n) is 6.45. The molecule has 4 N–H and O–H groups in total. The minimum atomic E-state index is -1.03. The second kappa shape index (κ2) is 6.74. The molecular weight excluding hydrogens is 307 g/mol. The number of nitrogens with one attached hydrogen (secondary N) is 1. The van der Waals surface area contributed by atoms with Gasteiger partial charge in [-0.15, -0.1) is 0 Å². The van der Waals surface area contributed by atoms with E-state index in [1.165, 1.54) is 0 Å². The summed E-state index contributed by atoms with van der Waals surface area (Å²) >= 11 is 12.5. The fourth-order valence-corrected chi connectivity index (χ4v) is 2.85. The van der Waals surface area contributed by atoms with Crippen molar-refractivity contribution in [2.24, 2.45) is 0 Å². The third-order valence-corrected chi connectivity index (χ3v) is 4.45. The molecule has 0 spiro atoms. The van der Waals surface area contributed by atoms with Gasteiger partial charge < -0.3 is 16.2 Å². The Hall–Kier alpha value is -0.480. The van der Waals surface area contributed by atoms with Gasteiger partial charge in [0.1, 0.15) is 5.60 Å². The van der Waals surface area contributed by atoms with Crippen molar-refractivity contribution in [3.63, 3.8) is 0 Å². The van der Waals surface area contributed by atoms with Crippen molar-refractivity contribution in [1.29, 1.82) is 0 Å². The standard InChI is InChI=1S/C16H26Cl2N2O/c1-6-10-11(8-12(17)14(19)13(10)18)16(21,7-2)9-20-15(3,4)5/h8,20-21H,6-7,9,19H2,1-5H3. The lowest BCUT2D eigenvalue weighted by Gasteiger charge is -2.34. The Kier molecular flexibility index (Phi) is 5.96. The molecule has 0 aliphatic rings. The molecule has 0 radical (unpaired) electrons. The van der Waals surface area contributed by atoms with Crippen LogP contribution in [0.3, 0.4) is 0 Å². The largest absolute Gasteiger partial charge is 0.396 e. The molecule has 1 atom stereocenters. The molecule has 5 heteroatoms. The van der Waals surface area contributed by atoms with E-state index >= 15 is 0 Å². The van der Waals surface area contributed by atoms with Gasteiger partial charge in [0.05, 0.1) is 15.7 Å². The molecule has 0 aromatic heterocycles. The van der Waals surface area contributed by atoms with Crippen LogP contribution in [0.25, 0.3) is 0 Å². The summed E-state index contributed by atoms with van der Waals surface area (Å²) in [5, 5.41) is 15.3. The molecular formula is C16H26Cl2N2O. The normalized spacial score (nSPS) is 15.0. The van der Waals surface area contributed by atoms with Gasteiger partial charge in [-0.3, -0.25) is 0 Å². The first-order chi connectivity index (χ1) is 9.55. The lowest BCUT2D eigenvalue weighted by Crippen LogP contribution is -2.46. The van der Waals surface area contributed by atoms with E-state index in [1.807, 2.05) is 13.8 Å². The maximum atomic E-state index is 11.1. The van der Waals surface area contributed by atoms with Gasteiger partial charge in [-0.25, -0.2) is 0 Å². The predicted molar refractivity (Wildman–Crippen MR) is 92.2 cm³/mol. The van der Waals surface area contributed by atoms with E-state index in [1.54, 1.807) is 6.07 Å². The van der Waals surface area contributed by atoms with Crippen molar-refractivity contribution in [2.75, 3.05) is 12.3 Å². The Morgan fingerprint density at radius 2 is 1.81 bits per heavy atom. The summed E-state index contributed by atoms with van der Waals surface area (Å²) in [7, 11) is 0. The van der Waals surface area contributed by atoms with Gasteiger partial charge in [-0.05, 0) is 50.8 Å². The highest BCUT2D eigenvalue weighted by molar-refractivity contribution is 6.39. The van der Waals surface area contributed by atoms with Gasteiger partial charge in [0.25, 0.3) is 0 Å². The molecule has 3 nitrogen and oxygen atoms in total. The van der Waals surface area contributed by atoms with E-state index in [0.717, 1.165) is 11.1 Å². The maximum Gasteiger partial charge on any atom is 0.102 e. The first-order valence-electron chi connectivity index (χ1n) is 7.30. The van der Waals surface area contributed by atoms with Crippen LogP contribution >= 0.6 is 23.2 Å². The van der Waals surface area contributed by atoms with E-state index in [0.29, 0.717) is 35.1 Å². The Bertz CT molecular complexity index is 512. The van der Waals surface area contributed by atoms with E-state index < -0.39 is 5.60 Å². The van der Waals surface area contributed by atoms with Crippen molar-refractivity contribution in [1.82, 2.24) is 5.32 Å². The number of rotatable bonds is 5. The second-order valence-corrected chi connectivity index (χ2v) is 7.24. The zero-order valence-electron chi connectivity index (χ0n) is 13.5. The van der Waals surface area contributed by atoms with Gasteiger partial charge in [0.15, 0.2) is 0 Å². The average Bonchev–Trinajstić information content (AvgIpc) is 2.41. The Balaban J connectivity index is 3.33. The third-order valence-electron chi connectivity index (χ3n) is 3.71. The molecule has 0 heterocycles. The smallest absolute Gasteiger partial charge is 0.102 e. The number of aliphatic hydroxyl groups is 1. The first-order valence-corrected chi connectivity index (χ1v) is 8.05. The summed E-state index contributed by atoms with van der Waals surface area (Å²) in [6.45, 7) is 10.6. The van der Waals surface area contributed by atoms with Crippen LogP contribution in [-0.4, -0.2) is 17.2 Å². The van der Waals surface area contributed by atoms with E-state index in [2.05, 4.69) is 26.1 Å². The zero-order chi connectivity index (χ0) is 16.4. The van der Waals surface area contributed by atoms with Crippen LogP contribution in [0.15, 0.2) is 6.07 Å². The Labute approximate surface area is 137 Å². The van der Waals surface area contributed by atoms with Gasteiger partial charge in [-0.1, -0.05) is 37.0 Å². The highest BCUT2D eigenvalue weighted by atomic mass is 35.5. The predicted octanol–water partition coefficient (Wildman–Crippen LogP) is 4.12. The molecule has 0 aliphatic heterocycles. The van der Waals surface area contributed by atoms with Crippen molar-refractivity contribution in [3.8, 4) is 0 Å². The van der Waals surface area contributed by atoms with Crippen molar-refractivity contribution >= 4 is 28.9 Å². The molecule has 21 heavy (non-hydrogen) atoms. The Morgan fingerprint density at radius 1 is 1.24 bits per heavy atom. The van der Waals surface area contributed by atoms with Crippen LogP contribution in [0.5, 0.6) is 0 Å². The quantitative estimate of drug-likeness (QED) is 0.710. The number of hydrogen-bond acceptors (Lipinski definition) is 3. The van der Waals surface area contributed by atoms with Crippen molar-refractivity contribution < 1.29 is 5.11 Å². The lowest BCUT2D eigenvalue weighted by molar-refractivity contribution is 0.0259. The fourth-order valence-electron chi connectivity index (χ4n) is 2.26. The van der Waals surface area contributed by atoms with Gasteiger partial charge in [0, 0.05) is 12.1 Å². The highest BCUT2D eigenvalue weighted by Gasteiger charge is 2.32. The van der Waals surface area contributed by atoms with Gasteiger partial charge >= 0.3 is 0 Å². The molecule has 1 rings (SSSR count). The van der Waals surface area contributed by atoms with Crippen LogP contribution < -0.4 is 11.1 Å². The number of nitrogens with two attached hydrogens (primary N) is 1. The molecule has 120 valence electrons. The topological polar surface area (TPSA) is 58.3 Å². The molecule has 0 fully saturated rings. The third kappa shape index (κ3) is 4.26. The van der Waals surface area contributed by atoms with Crippen LogP contribution in [0.1, 0.15) is 52.2 Å². The summed E-state index contributed by atoms with van der Waals surface area (Å²) in [6.07, 6.45) is 1.24. The summed E-state index contributed by atoms with van der Waals surface area (Å²) in [6, 6.07) is 1.75. The highest BCUT2D eigenvalue weighted by Crippen LogP contribution is 2.39. The van der Waals surface area contributed by atoms with Crippen molar-refractivity contribution in [2.45, 2.75) is 58.6 Å². The number of β-amino-alcohol motifs (C(OH)–C–C–N with tert-alkyl or cyclic N) is 1. The number of hydrogen-bond donors (Lipinski definition) is 3. The molecule has 0 saturated carbocycles.